The van der Waals surface area contributed by atoms with Crippen LogP contribution < -0.4 is 15.4 Å². The molecule has 8 heteroatoms. The average Bonchev–Trinajstić information content (AvgIpc) is 2.56. The summed E-state index contributed by atoms with van der Waals surface area (Å²) in [5, 5.41) is 6.29. The number of guanidine groups is 1. The summed E-state index contributed by atoms with van der Waals surface area (Å²) in [6, 6.07) is 7.77. The molecule has 2 N–H and O–H groups in total. The smallest absolute Gasteiger partial charge is 0.241 e. The molecule has 24 heavy (non-hydrogen) atoms. The number of para-hydroxylation sites is 1. The second-order valence-electron chi connectivity index (χ2n) is 5.04. The molecule has 0 radical (unpaired) electrons. The second-order valence-corrected chi connectivity index (χ2v) is 6.02. The highest BCUT2D eigenvalue weighted by molar-refractivity contribution is 14.0. The molecule has 0 heterocycles. The van der Waals surface area contributed by atoms with Crippen molar-refractivity contribution < 1.29 is 9.53 Å². The molecule has 0 bridgehead atoms. The molecule has 0 aromatic heterocycles. The molecule has 0 unspecified atom stereocenters. The number of hydrogen-bond acceptors (Lipinski definition) is 4. The highest BCUT2D eigenvalue weighted by Crippen LogP contribution is 2.17. The van der Waals surface area contributed by atoms with E-state index in [1.165, 1.54) is 0 Å². The fourth-order valence-electron chi connectivity index (χ4n) is 1.76. The van der Waals surface area contributed by atoms with Gasteiger partial charge in [-0.1, -0.05) is 18.2 Å². The van der Waals surface area contributed by atoms with Crippen LogP contribution in [-0.4, -0.2) is 63.1 Å². The molecule has 136 valence electrons. The lowest BCUT2D eigenvalue weighted by Gasteiger charge is -2.15. The second kappa shape index (κ2) is 13.2. The molecule has 0 spiro atoms. The zero-order valence-electron chi connectivity index (χ0n) is 14.7. The number of ether oxygens (including phenoxy) is 1. The van der Waals surface area contributed by atoms with E-state index >= 15 is 0 Å². The zero-order chi connectivity index (χ0) is 17.1. The summed E-state index contributed by atoms with van der Waals surface area (Å²) < 4.78 is 5.33. The number of hydrogen-bond donors (Lipinski definition) is 2. The predicted octanol–water partition coefficient (Wildman–Crippen LogP) is 1.80. The van der Waals surface area contributed by atoms with Crippen LogP contribution in [0.3, 0.4) is 0 Å². The number of thioether (sulfide) groups is 1. The lowest BCUT2D eigenvalue weighted by Crippen LogP contribution is -2.43. The van der Waals surface area contributed by atoms with Crippen LogP contribution in [0.5, 0.6) is 5.75 Å². The summed E-state index contributed by atoms with van der Waals surface area (Å²) in [5.41, 5.74) is 1.000. The number of rotatable bonds is 8. The first-order valence-corrected chi connectivity index (χ1v) is 8.81. The average molecular weight is 466 g/mol. The van der Waals surface area contributed by atoms with Crippen molar-refractivity contribution in [3.8, 4) is 5.75 Å². The van der Waals surface area contributed by atoms with Crippen LogP contribution in [0, 0.1) is 0 Å². The van der Waals surface area contributed by atoms with Crippen LogP contribution in [0.4, 0.5) is 0 Å². The normalized spacial score (nSPS) is 10.6. The van der Waals surface area contributed by atoms with Crippen LogP contribution in [-0.2, 0) is 11.3 Å². The van der Waals surface area contributed by atoms with E-state index in [9.17, 15) is 4.79 Å². The highest BCUT2D eigenvalue weighted by atomic mass is 127. The van der Waals surface area contributed by atoms with E-state index in [0.29, 0.717) is 12.5 Å². The number of aliphatic imine (C=N–C) groups is 1. The number of nitrogens with one attached hydrogen (secondary N) is 2. The lowest BCUT2D eigenvalue weighted by atomic mass is 10.2. The first-order valence-electron chi connectivity index (χ1n) is 7.41. The van der Waals surface area contributed by atoms with E-state index in [0.717, 1.165) is 23.6 Å². The Morgan fingerprint density at radius 1 is 1.29 bits per heavy atom. The van der Waals surface area contributed by atoms with Crippen molar-refractivity contribution in [2.45, 2.75) is 6.54 Å². The Balaban J connectivity index is 0.00000529. The van der Waals surface area contributed by atoms with Crippen molar-refractivity contribution in [3.05, 3.63) is 29.8 Å². The van der Waals surface area contributed by atoms with Gasteiger partial charge >= 0.3 is 0 Å². The van der Waals surface area contributed by atoms with Gasteiger partial charge in [-0.3, -0.25) is 4.79 Å². The Morgan fingerprint density at radius 3 is 2.62 bits per heavy atom. The van der Waals surface area contributed by atoms with Crippen molar-refractivity contribution in [2.75, 3.05) is 46.3 Å². The summed E-state index contributed by atoms with van der Waals surface area (Å²) >= 11 is 1.75. The number of nitrogens with zero attached hydrogens (tertiary/aromatic N) is 2. The van der Waals surface area contributed by atoms with Gasteiger partial charge in [0.25, 0.3) is 0 Å². The molecule has 0 saturated heterocycles. The van der Waals surface area contributed by atoms with Gasteiger partial charge in [0.15, 0.2) is 5.96 Å². The number of benzene rings is 1. The van der Waals surface area contributed by atoms with Crippen molar-refractivity contribution >= 4 is 47.6 Å². The topological polar surface area (TPSA) is 66.0 Å². The Bertz CT molecular complexity index is 527. The minimum atomic E-state index is 0. The summed E-state index contributed by atoms with van der Waals surface area (Å²) in [7, 11) is 5.11. The number of likely N-dealkylation sites (N-methyl/N-ethyl adjacent to an activating group) is 1. The van der Waals surface area contributed by atoms with Gasteiger partial charge in [0, 0.05) is 32.0 Å². The Labute approximate surface area is 165 Å². The monoisotopic (exact) mass is 466 g/mol. The van der Waals surface area contributed by atoms with Gasteiger partial charge in [0.05, 0.1) is 20.2 Å². The molecule has 0 aliphatic rings. The van der Waals surface area contributed by atoms with Crippen molar-refractivity contribution in [1.82, 2.24) is 15.5 Å². The van der Waals surface area contributed by atoms with Gasteiger partial charge in [-0.25, -0.2) is 4.99 Å². The molecule has 0 aliphatic carbocycles. The number of halogens is 1. The van der Waals surface area contributed by atoms with Crippen LogP contribution >= 0.6 is 35.7 Å². The number of carbonyl (C=O) groups is 1. The molecule has 1 aromatic rings. The van der Waals surface area contributed by atoms with Gasteiger partial charge < -0.3 is 20.3 Å². The largest absolute Gasteiger partial charge is 0.496 e. The third-order valence-electron chi connectivity index (χ3n) is 3.10. The van der Waals surface area contributed by atoms with Crippen molar-refractivity contribution in [3.63, 3.8) is 0 Å². The van der Waals surface area contributed by atoms with Gasteiger partial charge in [-0.05, 0) is 12.3 Å². The van der Waals surface area contributed by atoms with E-state index in [4.69, 9.17) is 4.74 Å². The fraction of sp³-hybridized carbons (Fsp3) is 0.500. The zero-order valence-corrected chi connectivity index (χ0v) is 17.8. The Kier molecular flexibility index (Phi) is 12.5. The first-order chi connectivity index (χ1) is 11.1. The highest BCUT2D eigenvalue weighted by Gasteiger charge is 2.06. The summed E-state index contributed by atoms with van der Waals surface area (Å²) in [5.74, 6) is 2.41. The Morgan fingerprint density at radius 2 is 2.00 bits per heavy atom. The van der Waals surface area contributed by atoms with Gasteiger partial charge in [0.2, 0.25) is 5.91 Å². The summed E-state index contributed by atoms with van der Waals surface area (Å²) in [6.07, 6.45) is 2.05. The molecule has 1 rings (SSSR count). The summed E-state index contributed by atoms with van der Waals surface area (Å²) in [4.78, 5) is 17.8. The minimum absolute atomic E-state index is 0. The number of methoxy groups -OCH3 is 1. The molecule has 0 atom stereocenters. The number of carbonyl (C=O) groups excluding carboxylic acids is 1. The maximum atomic E-state index is 11.7. The maximum Gasteiger partial charge on any atom is 0.241 e. The SMILES string of the molecule is COc1ccccc1CN=C(NCCSC)NCC(=O)N(C)C.I. The first kappa shape index (κ1) is 22.8. The third-order valence-corrected chi connectivity index (χ3v) is 3.72. The molecule has 6 nitrogen and oxygen atoms in total. The Hall–Kier alpha value is -1.16. The van der Waals surface area contributed by atoms with E-state index in [1.54, 1.807) is 37.9 Å². The number of amides is 1. The predicted molar refractivity (Wildman–Crippen MR) is 113 cm³/mol. The van der Waals surface area contributed by atoms with Gasteiger partial charge in [0.1, 0.15) is 5.75 Å². The lowest BCUT2D eigenvalue weighted by molar-refractivity contribution is -0.127. The minimum Gasteiger partial charge on any atom is -0.496 e. The van der Waals surface area contributed by atoms with Crippen LogP contribution in [0.25, 0.3) is 0 Å². The van der Waals surface area contributed by atoms with Crippen LogP contribution in [0.2, 0.25) is 0 Å². The quantitative estimate of drug-likeness (QED) is 0.265. The molecule has 0 saturated carbocycles. The van der Waals surface area contributed by atoms with E-state index < -0.39 is 0 Å². The van der Waals surface area contributed by atoms with E-state index in [2.05, 4.69) is 21.9 Å². The van der Waals surface area contributed by atoms with Crippen molar-refractivity contribution in [2.24, 2.45) is 4.99 Å². The van der Waals surface area contributed by atoms with Gasteiger partial charge in [-0.15, -0.1) is 24.0 Å². The summed E-state index contributed by atoms with van der Waals surface area (Å²) in [6.45, 7) is 1.48. The molecule has 1 aromatic carbocycles. The van der Waals surface area contributed by atoms with Crippen LogP contribution in [0.1, 0.15) is 5.56 Å². The van der Waals surface area contributed by atoms with Crippen molar-refractivity contribution in [1.29, 1.82) is 0 Å². The van der Waals surface area contributed by atoms with E-state index in [-0.39, 0.29) is 36.4 Å². The standard InChI is InChI=1S/C16H26N4O2S.HI/c1-20(2)15(21)12-19-16(17-9-10-23-4)18-11-13-7-5-6-8-14(13)22-3;/h5-8H,9-12H2,1-4H3,(H2,17,18,19);1H. The fourth-order valence-corrected chi connectivity index (χ4v) is 2.07. The molecule has 1 amide bonds. The van der Waals surface area contributed by atoms with Gasteiger partial charge in [-0.2, -0.15) is 11.8 Å². The molecular weight excluding hydrogens is 439 g/mol. The van der Waals surface area contributed by atoms with Crippen LogP contribution in [0.15, 0.2) is 29.3 Å². The maximum absolute atomic E-state index is 11.7. The molecule has 0 fully saturated rings. The van der Waals surface area contributed by atoms with E-state index in [1.807, 2.05) is 24.3 Å². The molecule has 0 aliphatic heterocycles. The third kappa shape index (κ3) is 8.62. The molecular formula is C16H27IN4O2S.